The van der Waals surface area contributed by atoms with E-state index in [4.69, 9.17) is 11.6 Å². The number of carbonyl (C=O) groups is 1. The minimum Gasteiger partial charge on any atom is -0.360 e. The van der Waals surface area contributed by atoms with Crippen molar-refractivity contribution in [2.75, 3.05) is 5.32 Å². The molecule has 0 spiro atoms. The topological polar surface area (TPSA) is 62.0 Å². The Balaban J connectivity index is 1.99. The fourth-order valence-electron chi connectivity index (χ4n) is 2.09. The first-order chi connectivity index (χ1) is 10.5. The van der Waals surface area contributed by atoms with Crippen LogP contribution in [0.3, 0.4) is 0 Å². The van der Waals surface area contributed by atoms with Crippen molar-refractivity contribution in [2.45, 2.75) is 0 Å². The van der Waals surface area contributed by atoms with Gasteiger partial charge in [0, 0.05) is 32.3 Å². The van der Waals surface area contributed by atoms with Crippen LogP contribution in [0.4, 0.5) is 5.69 Å². The zero-order valence-corrected chi connectivity index (χ0v) is 13.5. The summed E-state index contributed by atoms with van der Waals surface area (Å²) >= 11 is 9.23. The van der Waals surface area contributed by atoms with Crippen LogP contribution in [-0.2, 0) is 0 Å². The number of rotatable bonds is 2. The molecule has 2 aromatic carbocycles. The maximum absolute atomic E-state index is 12.4. The third kappa shape index (κ3) is 2.91. The lowest BCUT2D eigenvalue weighted by Gasteiger charge is -2.06. The number of aromatic amines is 1. The van der Waals surface area contributed by atoms with Gasteiger partial charge in [-0.3, -0.25) is 9.59 Å². The van der Waals surface area contributed by atoms with Crippen molar-refractivity contribution in [3.8, 4) is 0 Å². The average molecular weight is 378 g/mol. The molecule has 0 unspecified atom stereocenters. The molecule has 3 aromatic rings. The lowest BCUT2D eigenvalue weighted by Crippen LogP contribution is -2.21. The number of H-pyrrole nitrogens is 1. The molecule has 6 heteroatoms. The number of carbonyl (C=O) groups excluding carboxylic acids is 1. The van der Waals surface area contributed by atoms with Crippen molar-refractivity contribution < 1.29 is 4.79 Å². The van der Waals surface area contributed by atoms with E-state index in [1.807, 2.05) is 0 Å². The van der Waals surface area contributed by atoms with Crippen molar-refractivity contribution in [1.82, 2.24) is 4.98 Å². The van der Waals surface area contributed by atoms with E-state index in [9.17, 15) is 9.59 Å². The summed E-state index contributed by atoms with van der Waals surface area (Å²) in [4.78, 5) is 27.6. The number of aromatic nitrogens is 1. The van der Waals surface area contributed by atoms with Crippen molar-refractivity contribution in [3.63, 3.8) is 0 Å². The first kappa shape index (κ1) is 14.8. The van der Waals surface area contributed by atoms with E-state index >= 15 is 0 Å². The van der Waals surface area contributed by atoms with E-state index in [0.717, 1.165) is 4.47 Å². The molecule has 0 fully saturated rings. The number of pyridine rings is 1. The van der Waals surface area contributed by atoms with Crippen molar-refractivity contribution >= 4 is 50.0 Å². The van der Waals surface area contributed by atoms with Gasteiger partial charge in [0.25, 0.3) is 5.91 Å². The molecule has 0 aliphatic carbocycles. The Morgan fingerprint density at radius 2 is 1.86 bits per heavy atom. The largest absolute Gasteiger partial charge is 0.360 e. The fraction of sp³-hybridized carbons (Fsp3) is 0. The number of amides is 1. The Labute approximate surface area is 139 Å². The summed E-state index contributed by atoms with van der Waals surface area (Å²) in [6.45, 7) is 0. The molecule has 1 amide bonds. The Hall–Kier alpha value is -2.11. The first-order valence-electron chi connectivity index (χ1n) is 6.42. The smallest absolute Gasteiger partial charge is 0.261 e. The molecule has 1 heterocycles. The summed E-state index contributed by atoms with van der Waals surface area (Å²) in [6.07, 6.45) is 1.41. The number of anilines is 1. The molecular weight excluding hydrogens is 368 g/mol. The predicted molar refractivity (Wildman–Crippen MR) is 91.7 cm³/mol. The Kier molecular flexibility index (Phi) is 4.00. The number of hydrogen-bond donors (Lipinski definition) is 2. The van der Waals surface area contributed by atoms with Gasteiger partial charge >= 0.3 is 0 Å². The Morgan fingerprint density at radius 3 is 2.59 bits per heavy atom. The monoisotopic (exact) mass is 376 g/mol. The molecule has 1 aromatic heterocycles. The van der Waals surface area contributed by atoms with Crippen molar-refractivity contribution in [1.29, 1.82) is 0 Å². The number of hydrogen-bond acceptors (Lipinski definition) is 2. The number of fused-ring (bicyclic) bond motifs is 1. The molecular formula is C16H10BrClN2O2. The van der Waals surface area contributed by atoms with E-state index in [1.54, 1.807) is 42.5 Å². The van der Waals surface area contributed by atoms with Gasteiger partial charge in [-0.25, -0.2) is 0 Å². The first-order valence-corrected chi connectivity index (χ1v) is 7.59. The van der Waals surface area contributed by atoms with E-state index in [0.29, 0.717) is 21.6 Å². The molecule has 4 nitrogen and oxygen atoms in total. The average Bonchev–Trinajstić information content (AvgIpc) is 2.50. The molecule has 0 radical (unpaired) electrons. The van der Waals surface area contributed by atoms with Crippen molar-refractivity contribution in [2.24, 2.45) is 0 Å². The normalized spacial score (nSPS) is 10.6. The molecule has 2 N–H and O–H groups in total. The van der Waals surface area contributed by atoms with Gasteiger partial charge in [-0.2, -0.15) is 0 Å². The minimum atomic E-state index is -0.467. The second-order valence-corrected chi connectivity index (χ2v) is 6.03. The quantitative estimate of drug-likeness (QED) is 0.703. The summed E-state index contributed by atoms with van der Waals surface area (Å²) < 4.78 is 0.906. The number of nitrogens with one attached hydrogen (secondary N) is 2. The molecule has 0 aliphatic heterocycles. The second-order valence-electron chi connectivity index (χ2n) is 4.68. The van der Waals surface area contributed by atoms with Crippen LogP contribution in [0.5, 0.6) is 0 Å². The summed E-state index contributed by atoms with van der Waals surface area (Å²) in [6, 6.07) is 12.0. The molecule has 0 bridgehead atoms. The minimum absolute atomic E-state index is 0.0395. The summed E-state index contributed by atoms with van der Waals surface area (Å²) in [5.41, 5.74) is 0.928. The SMILES string of the molecule is O=C(Nc1ccc(Br)cc1)c1c[nH]c2ccc(Cl)cc2c1=O. The van der Waals surface area contributed by atoms with Gasteiger partial charge in [0.1, 0.15) is 5.56 Å². The highest BCUT2D eigenvalue weighted by molar-refractivity contribution is 9.10. The van der Waals surface area contributed by atoms with Crippen LogP contribution in [0.25, 0.3) is 10.9 Å². The zero-order valence-electron chi connectivity index (χ0n) is 11.2. The third-order valence-electron chi connectivity index (χ3n) is 3.19. The van der Waals surface area contributed by atoms with Crippen LogP contribution >= 0.6 is 27.5 Å². The summed E-state index contributed by atoms with van der Waals surface area (Å²) in [7, 11) is 0. The fourth-order valence-corrected chi connectivity index (χ4v) is 2.53. The van der Waals surface area contributed by atoms with E-state index < -0.39 is 5.91 Å². The van der Waals surface area contributed by atoms with E-state index in [-0.39, 0.29) is 11.0 Å². The standard InChI is InChI=1S/C16H10BrClN2O2/c17-9-1-4-11(5-2-9)20-16(22)13-8-19-14-6-3-10(18)7-12(14)15(13)21/h1-8H,(H,19,21)(H,20,22). The van der Waals surface area contributed by atoms with Crippen molar-refractivity contribution in [3.05, 3.63) is 73.9 Å². The van der Waals surface area contributed by atoms with Gasteiger partial charge in [0.05, 0.1) is 0 Å². The molecule has 22 heavy (non-hydrogen) atoms. The maximum atomic E-state index is 12.4. The summed E-state index contributed by atoms with van der Waals surface area (Å²) in [5.74, 6) is -0.467. The van der Waals surface area contributed by atoms with Gasteiger partial charge in [0.2, 0.25) is 5.43 Å². The molecule has 110 valence electrons. The number of halogens is 2. The van der Waals surface area contributed by atoms with Crippen LogP contribution in [0, 0.1) is 0 Å². The zero-order chi connectivity index (χ0) is 15.7. The van der Waals surface area contributed by atoms with Gasteiger partial charge < -0.3 is 10.3 Å². The lowest BCUT2D eigenvalue weighted by molar-refractivity contribution is 0.102. The summed E-state index contributed by atoms with van der Waals surface area (Å²) in [5, 5.41) is 3.53. The van der Waals surface area contributed by atoms with Gasteiger partial charge in [-0.1, -0.05) is 27.5 Å². The Morgan fingerprint density at radius 1 is 1.14 bits per heavy atom. The molecule has 0 saturated carbocycles. The molecule has 0 aliphatic rings. The molecule has 3 rings (SSSR count). The van der Waals surface area contributed by atoms with Gasteiger partial charge in [-0.15, -0.1) is 0 Å². The van der Waals surface area contributed by atoms with Crippen LogP contribution < -0.4 is 10.7 Å². The van der Waals surface area contributed by atoms with E-state index in [2.05, 4.69) is 26.2 Å². The van der Waals surface area contributed by atoms with E-state index in [1.165, 1.54) is 6.20 Å². The molecule has 0 atom stereocenters. The maximum Gasteiger partial charge on any atom is 0.261 e. The third-order valence-corrected chi connectivity index (χ3v) is 3.95. The highest BCUT2D eigenvalue weighted by Gasteiger charge is 2.13. The van der Waals surface area contributed by atoms with Gasteiger partial charge in [0.15, 0.2) is 0 Å². The lowest BCUT2D eigenvalue weighted by atomic mass is 10.1. The van der Waals surface area contributed by atoms with Gasteiger partial charge in [-0.05, 0) is 42.5 Å². The molecule has 0 saturated heterocycles. The highest BCUT2D eigenvalue weighted by atomic mass is 79.9. The van der Waals surface area contributed by atoms with Crippen LogP contribution in [0.1, 0.15) is 10.4 Å². The van der Waals surface area contributed by atoms with Crippen LogP contribution in [0.2, 0.25) is 5.02 Å². The second kappa shape index (κ2) is 5.94. The number of benzene rings is 2. The highest BCUT2D eigenvalue weighted by Crippen LogP contribution is 2.17. The van der Waals surface area contributed by atoms with Crippen LogP contribution in [0.15, 0.2) is 57.9 Å². The Bertz CT molecular complexity index is 920. The van der Waals surface area contributed by atoms with Crippen LogP contribution in [-0.4, -0.2) is 10.9 Å². The predicted octanol–water partition coefficient (Wildman–Crippen LogP) is 4.20.